The molecule has 32 heavy (non-hydrogen) atoms. The maximum absolute atomic E-state index is 12.1. The Morgan fingerprint density at radius 1 is 1.22 bits per heavy atom. The van der Waals surface area contributed by atoms with Crippen molar-refractivity contribution in [3.63, 3.8) is 0 Å². The lowest BCUT2D eigenvalue weighted by molar-refractivity contribution is -0.122. The minimum absolute atomic E-state index is 0. The first-order chi connectivity index (χ1) is 15.2. The fraction of sp³-hybridized carbons (Fsp3) is 0.727. The molecule has 9 nitrogen and oxygen atoms in total. The van der Waals surface area contributed by atoms with Crippen molar-refractivity contribution in [2.75, 3.05) is 72.7 Å². The van der Waals surface area contributed by atoms with Gasteiger partial charge in [-0.3, -0.25) is 14.7 Å². The van der Waals surface area contributed by atoms with Crippen LogP contribution in [0, 0.1) is 0 Å². The molecule has 2 N–H and O–H groups in total. The van der Waals surface area contributed by atoms with Gasteiger partial charge in [0.25, 0.3) is 0 Å². The Bertz CT molecular complexity index is 659. The molecule has 0 aliphatic carbocycles. The van der Waals surface area contributed by atoms with Gasteiger partial charge in [-0.05, 0) is 31.4 Å². The Hall–Kier alpha value is -1.37. The molecule has 2 aliphatic heterocycles. The monoisotopic (exact) mass is 563 g/mol. The second-order valence-corrected chi connectivity index (χ2v) is 8.01. The molecular weight excluding hydrogens is 525 g/mol. The number of hydrogen-bond acceptors (Lipinski definition) is 6. The number of aliphatic imine (C=N–C) groups is 1. The van der Waals surface area contributed by atoms with Crippen LogP contribution in [0.4, 0.5) is 0 Å². The van der Waals surface area contributed by atoms with Crippen LogP contribution in [0.15, 0.2) is 27.8 Å². The Balaban J connectivity index is 0.00000363. The summed E-state index contributed by atoms with van der Waals surface area (Å²) in [6.45, 7) is 7.13. The third-order valence-corrected chi connectivity index (χ3v) is 5.62. The third-order valence-electron chi connectivity index (χ3n) is 5.62. The van der Waals surface area contributed by atoms with Crippen molar-refractivity contribution in [1.29, 1.82) is 0 Å². The highest BCUT2D eigenvalue weighted by Gasteiger charge is 2.22. The summed E-state index contributed by atoms with van der Waals surface area (Å²) in [5.74, 6) is 1.93. The van der Waals surface area contributed by atoms with Gasteiger partial charge in [-0.1, -0.05) is 0 Å². The Kier molecular flexibility index (Phi) is 13.0. The molecule has 1 atom stereocenters. The smallest absolute Gasteiger partial charge is 0.234 e. The Labute approximate surface area is 208 Å². The van der Waals surface area contributed by atoms with Crippen LogP contribution >= 0.6 is 24.0 Å². The predicted octanol–water partition coefficient (Wildman–Crippen LogP) is 1.34. The second-order valence-electron chi connectivity index (χ2n) is 8.01. The van der Waals surface area contributed by atoms with Crippen LogP contribution in [0.1, 0.15) is 25.0 Å². The lowest BCUT2D eigenvalue weighted by atomic mass is 10.1. The summed E-state index contributed by atoms with van der Waals surface area (Å²) < 4.78 is 16.3. The number of nitrogens with one attached hydrogen (secondary N) is 2. The number of carbonyl (C=O) groups excluding carboxylic acids is 1. The first-order valence-electron chi connectivity index (χ1n) is 11.4. The van der Waals surface area contributed by atoms with E-state index < -0.39 is 0 Å². The molecule has 182 valence electrons. The van der Waals surface area contributed by atoms with Crippen molar-refractivity contribution >= 4 is 35.8 Å². The summed E-state index contributed by atoms with van der Waals surface area (Å²) in [6.07, 6.45) is 6.17. The summed E-state index contributed by atoms with van der Waals surface area (Å²) in [5.41, 5.74) is 0. The predicted molar refractivity (Wildman–Crippen MR) is 135 cm³/mol. The van der Waals surface area contributed by atoms with Crippen molar-refractivity contribution < 1.29 is 18.7 Å². The molecule has 2 fully saturated rings. The summed E-state index contributed by atoms with van der Waals surface area (Å²) in [6, 6.07) is 3.90. The molecule has 3 rings (SSSR count). The third kappa shape index (κ3) is 9.63. The highest BCUT2D eigenvalue weighted by atomic mass is 127. The van der Waals surface area contributed by atoms with E-state index in [0.29, 0.717) is 26.2 Å². The van der Waals surface area contributed by atoms with Gasteiger partial charge in [0.05, 0.1) is 32.1 Å². The highest BCUT2D eigenvalue weighted by molar-refractivity contribution is 14.0. The fourth-order valence-electron chi connectivity index (χ4n) is 3.83. The summed E-state index contributed by atoms with van der Waals surface area (Å²) in [4.78, 5) is 21.4. The highest BCUT2D eigenvalue weighted by Crippen LogP contribution is 2.13. The average Bonchev–Trinajstić information content (AvgIpc) is 3.31. The minimum Gasteiger partial charge on any atom is -0.469 e. The first-order valence-corrected chi connectivity index (χ1v) is 11.4. The number of ether oxygens (including phenoxy) is 2. The van der Waals surface area contributed by atoms with E-state index in [2.05, 4.69) is 20.4 Å². The average molecular weight is 563 g/mol. The van der Waals surface area contributed by atoms with Gasteiger partial charge < -0.3 is 29.4 Å². The van der Waals surface area contributed by atoms with E-state index in [0.717, 1.165) is 70.3 Å². The number of nitrogens with zero attached hydrogens (tertiary/aromatic N) is 3. The normalized spacial score (nSPS) is 20.0. The van der Waals surface area contributed by atoms with E-state index in [-0.39, 0.29) is 36.0 Å². The van der Waals surface area contributed by atoms with Gasteiger partial charge in [-0.2, -0.15) is 0 Å². The maximum atomic E-state index is 12.1. The van der Waals surface area contributed by atoms with Crippen LogP contribution in [0.2, 0.25) is 0 Å². The van der Waals surface area contributed by atoms with Crippen LogP contribution in [0.3, 0.4) is 0 Å². The van der Waals surface area contributed by atoms with Gasteiger partial charge >= 0.3 is 0 Å². The number of amides is 1. The molecule has 1 amide bonds. The van der Waals surface area contributed by atoms with Crippen LogP contribution in [-0.2, 0) is 20.7 Å². The van der Waals surface area contributed by atoms with E-state index in [1.807, 2.05) is 12.1 Å². The number of furan rings is 1. The quantitative estimate of drug-likeness (QED) is 0.192. The molecule has 1 unspecified atom stereocenters. The molecular formula is C22H38IN5O4. The zero-order chi connectivity index (χ0) is 21.7. The van der Waals surface area contributed by atoms with Gasteiger partial charge in [-0.15, -0.1) is 24.0 Å². The number of halogens is 1. The van der Waals surface area contributed by atoms with Crippen LogP contribution in [-0.4, -0.2) is 100 Å². The van der Waals surface area contributed by atoms with Crippen molar-refractivity contribution in [2.45, 2.75) is 31.8 Å². The van der Waals surface area contributed by atoms with E-state index in [4.69, 9.17) is 18.9 Å². The fourth-order valence-corrected chi connectivity index (χ4v) is 3.83. The summed E-state index contributed by atoms with van der Waals surface area (Å²) in [7, 11) is 1.63. The Morgan fingerprint density at radius 2 is 2.06 bits per heavy atom. The zero-order valence-corrected chi connectivity index (χ0v) is 21.4. The molecule has 1 aromatic heterocycles. The first kappa shape index (κ1) is 26.9. The molecule has 0 radical (unpaired) electrons. The number of rotatable bonds is 10. The lowest BCUT2D eigenvalue weighted by Crippen LogP contribution is -2.54. The van der Waals surface area contributed by atoms with E-state index >= 15 is 0 Å². The van der Waals surface area contributed by atoms with E-state index in [1.165, 1.54) is 6.42 Å². The van der Waals surface area contributed by atoms with E-state index in [1.54, 1.807) is 13.4 Å². The number of methoxy groups -OCH3 is 1. The van der Waals surface area contributed by atoms with Gasteiger partial charge in [-0.25, -0.2) is 0 Å². The molecule has 3 heterocycles. The van der Waals surface area contributed by atoms with Crippen LogP contribution < -0.4 is 10.6 Å². The zero-order valence-electron chi connectivity index (χ0n) is 19.1. The minimum atomic E-state index is 0. The van der Waals surface area contributed by atoms with Crippen LogP contribution in [0.5, 0.6) is 0 Å². The molecule has 0 saturated carbocycles. The standard InChI is InChI=1S/C22H37N5O4.HI/c1-29-16-9-23-21(28)18-26-10-12-27(13-11-26)22(24-8-7-19-6-4-15-30-19)25-17-20-5-2-3-14-31-20;/h4,6,15,20H,2-3,5,7-14,16-18H2,1H3,(H,23,28)(H,24,25);1H. The number of hydrogen-bond donors (Lipinski definition) is 2. The Morgan fingerprint density at radius 3 is 2.75 bits per heavy atom. The van der Waals surface area contributed by atoms with Gasteiger partial charge in [0.2, 0.25) is 5.91 Å². The second kappa shape index (κ2) is 15.5. The molecule has 2 saturated heterocycles. The molecule has 0 aromatic carbocycles. The molecule has 0 spiro atoms. The number of piperazine rings is 1. The van der Waals surface area contributed by atoms with Gasteiger partial charge in [0.15, 0.2) is 5.96 Å². The number of guanidine groups is 1. The van der Waals surface area contributed by atoms with Crippen molar-refractivity contribution in [3.8, 4) is 0 Å². The summed E-state index contributed by atoms with van der Waals surface area (Å²) >= 11 is 0. The van der Waals surface area contributed by atoms with Gasteiger partial charge in [0.1, 0.15) is 5.76 Å². The number of carbonyl (C=O) groups is 1. The van der Waals surface area contributed by atoms with Crippen LogP contribution in [0.25, 0.3) is 0 Å². The van der Waals surface area contributed by atoms with Gasteiger partial charge in [0, 0.05) is 59.4 Å². The molecule has 10 heteroatoms. The topological polar surface area (TPSA) is 91.6 Å². The lowest BCUT2D eigenvalue weighted by Gasteiger charge is -2.36. The molecule has 1 aromatic rings. The maximum Gasteiger partial charge on any atom is 0.234 e. The van der Waals surface area contributed by atoms with Crippen molar-refractivity contribution in [2.24, 2.45) is 4.99 Å². The summed E-state index contributed by atoms with van der Waals surface area (Å²) in [5, 5.41) is 6.39. The molecule has 2 aliphatic rings. The molecule has 0 bridgehead atoms. The van der Waals surface area contributed by atoms with Crippen molar-refractivity contribution in [1.82, 2.24) is 20.4 Å². The largest absolute Gasteiger partial charge is 0.469 e. The van der Waals surface area contributed by atoms with E-state index in [9.17, 15) is 4.79 Å². The van der Waals surface area contributed by atoms with Crippen molar-refractivity contribution in [3.05, 3.63) is 24.2 Å². The SMILES string of the molecule is COCCNC(=O)CN1CCN(C(=NCC2CCCCO2)NCCc2ccco2)CC1.I.